The van der Waals surface area contributed by atoms with Gasteiger partial charge in [0, 0.05) is 11.8 Å². The van der Waals surface area contributed by atoms with Gasteiger partial charge in [0.05, 0.1) is 24.9 Å². The maximum Gasteiger partial charge on any atom is 0.242 e. The molecule has 2 aromatic rings. The van der Waals surface area contributed by atoms with E-state index in [9.17, 15) is 4.79 Å². The zero-order valence-electron chi connectivity index (χ0n) is 11.9. The molecular formula is C15H17ClN2O3. The monoisotopic (exact) mass is 308 g/mol. The van der Waals surface area contributed by atoms with E-state index in [2.05, 4.69) is 10.6 Å². The van der Waals surface area contributed by atoms with Crippen LogP contribution < -0.4 is 15.4 Å². The lowest BCUT2D eigenvalue weighted by atomic mass is 10.2. The van der Waals surface area contributed by atoms with Gasteiger partial charge in [-0.2, -0.15) is 0 Å². The minimum atomic E-state index is -0.397. The van der Waals surface area contributed by atoms with Gasteiger partial charge in [0.25, 0.3) is 0 Å². The van der Waals surface area contributed by atoms with Crippen molar-refractivity contribution in [1.82, 2.24) is 5.32 Å². The number of rotatable bonds is 6. The molecule has 5 nitrogen and oxygen atoms in total. The van der Waals surface area contributed by atoms with Crippen LogP contribution in [0.5, 0.6) is 5.75 Å². The normalized spacial score (nSPS) is 11.8. The Bertz CT molecular complexity index is 599. The van der Waals surface area contributed by atoms with Gasteiger partial charge in [-0.3, -0.25) is 4.79 Å². The molecule has 2 rings (SSSR count). The van der Waals surface area contributed by atoms with Crippen molar-refractivity contribution in [2.75, 3.05) is 12.4 Å². The van der Waals surface area contributed by atoms with Crippen LogP contribution in [0.25, 0.3) is 0 Å². The second-order valence-electron chi connectivity index (χ2n) is 4.51. The Labute approximate surface area is 128 Å². The van der Waals surface area contributed by atoms with E-state index in [-0.39, 0.29) is 5.91 Å². The summed E-state index contributed by atoms with van der Waals surface area (Å²) < 4.78 is 10.3. The van der Waals surface area contributed by atoms with Gasteiger partial charge >= 0.3 is 0 Å². The fourth-order valence-electron chi connectivity index (χ4n) is 1.81. The van der Waals surface area contributed by atoms with Crippen molar-refractivity contribution in [1.29, 1.82) is 0 Å². The van der Waals surface area contributed by atoms with E-state index in [0.29, 0.717) is 23.1 Å². The molecule has 1 atom stereocenters. The highest BCUT2D eigenvalue weighted by atomic mass is 35.5. The van der Waals surface area contributed by atoms with Crippen molar-refractivity contribution in [2.45, 2.75) is 19.5 Å². The molecule has 0 aliphatic heterocycles. The molecule has 1 unspecified atom stereocenters. The molecular weight excluding hydrogens is 292 g/mol. The summed E-state index contributed by atoms with van der Waals surface area (Å²) in [5.74, 6) is 1.15. The molecule has 0 fully saturated rings. The second-order valence-corrected chi connectivity index (χ2v) is 4.92. The number of hydrogen-bond acceptors (Lipinski definition) is 4. The number of benzene rings is 1. The molecule has 21 heavy (non-hydrogen) atoms. The molecule has 0 radical (unpaired) electrons. The van der Waals surface area contributed by atoms with Crippen LogP contribution in [0.1, 0.15) is 12.7 Å². The van der Waals surface area contributed by atoms with Gasteiger partial charge in [-0.1, -0.05) is 11.6 Å². The molecule has 0 spiro atoms. The zero-order chi connectivity index (χ0) is 15.2. The highest BCUT2D eigenvalue weighted by Crippen LogP contribution is 2.27. The molecule has 1 amide bonds. The van der Waals surface area contributed by atoms with Crippen LogP contribution in [0.2, 0.25) is 5.02 Å². The topological polar surface area (TPSA) is 63.5 Å². The molecule has 0 saturated carbocycles. The first kappa shape index (κ1) is 15.3. The van der Waals surface area contributed by atoms with Gasteiger partial charge in [-0.05, 0) is 31.2 Å². The van der Waals surface area contributed by atoms with E-state index in [4.69, 9.17) is 20.8 Å². The predicted molar refractivity (Wildman–Crippen MR) is 81.6 cm³/mol. The SMILES string of the molecule is COc1cc(NC(C)C(=O)NCc2ccco2)ccc1Cl. The van der Waals surface area contributed by atoms with Gasteiger partial charge < -0.3 is 19.8 Å². The minimum Gasteiger partial charge on any atom is -0.495 e. The minimum absolute atomic E-state index is 0.125. The number of halogens is 1. The summed E-state index contributed by atoms with van der Waals surface area (Å²) in [7, 11) is 1.55. The van der Waals surface area contributed by atoms with Crippen LogP contribution in [-0.4, -0.2) is 19.1 Å². The predicted octanol–water partition coefficient (Wildman–Crippen LogP) is 3.06. The Kier molecular flexibility index (Phi) is 5.11. The van der Waals surface area contributed by atoms with Crippen LogP contribution in [0.3, 0.4) is 0 Å². The third-order valence-corrected chi connectivity index (χ3v) is 3.26. The summed E-state index contributed by atoms with van der Waals surface area (Å²) in [5, 5.41) is 6.41. The fourth-order valence-corrected chi connectivity index (χ4v) is 2.00. The van der Waals surface area contributed by atoms with Crippen LogP contribution >= 0.6 is 11.6 Å². The van der Waals surface area contributed by atoms with E-state index in [1.807, 2.05) is 6.07 Å². The Balaban J connectivity index is 1.91. The van der Waals surface area contributed by atoms with Crippen LogP contribution in [0, 0.1) is 0 Å². The number of carbonyl (C=O) groups is 1. The molecule has 112 valence electrons. The summed E-state index contributed by atoms with van der Waals surface area (Å²) in [6, 6.07) is 8.45. The van der Waals surface area contributed by atoms with E-state index in [0.717, 1.165) is 5.69 Å². The standard InChI is InChI=1S/C15H17ClN2O3/c1-10(15(19)17-9-12-4-3-7-21-12)18-11-5-6-13(16)14(8-11)20-2/h3-8,10,18H,9H2,1-2H3,(H,17,19). The third-order valence-electron chi connectivity index (χ3n) is 2.94. The zero-order valence-corrected chi connectivity index (χ0v) is 12.6. The highest BCUT2D eigenvalue weighted by Gasteiger charge is 2.13. The number of carbonyl (C=O) groups excluding carboxylic acids is 1. The number of methoxy groups -OCH3 is 1. The van der Waals surface area contributed by atoms with Crippen molar-refractivity contribution >= 4 is 23.2 Å². The Morgan fingerprint density at radius 1 is 1.43 bits per heavy atom. The quantitative estimate of drug-likeness (QED) is 0.861. The molecule has 0 aliphatic rings. The van der Waals surface area contributed by atoms with E-state index in [1.54, 1.807) is 44.6 Å². The highest BCUT2D eigenvalue weighted by molar-refractivity contribution is 6.32. The Morgan fingerprint density at radius 3 is 2.90 bits per heavy atom. The van der Waals surface area contributed by atoms with Gasteiger partial charge in [0.15, 0.2) is 0 Å². The number of anilines is 1. The first-order valence-electron chi connectivity index (χ1n) is 6.50. The van der Waals surface area contributed by atoms with Gasteiger partial charge in [-0.25, -0.2) is 0 Å². The smallest absolute Gasteiger partial charge is 0.242 e. The Morgan fingerprint density at radius 2 is 2.24 bits per heavy atom. The van der Waals surface area contributed by atoms with Gasteiger partial charge in [-0.15, -0.1) is 0 Å². The molecule has 1 heterocycles. The summed E-state index contributed by atoms with van der Waals surface area (Å²) in [5.41, 5.74) is 0.761. The van der Waals surface area contributed by atoms with E-state index >= 15 is 0 Å². The van der Waals surface area contributed by atoms with Crippen molar-refractivity contribution in [3.63, 3.8) is 0 Å². The van der Waals surface area contributed by atoms with Crippen LogP contribution in [-0.2, 0) is 11.3 Å². The lowest BCUT2D eigenvalue weighted by molar-refractivity contribution is -0.121. The van der Waals surface area contributed by atoms with E-state index in [1.165, 1.54) is 0 Å². The number of nitrogens with one attached hydrogen (secondary N) is 2. The van der Waals surface area contributed by atoms with Crippen molar-refractivity contribution in [3.05, 3.63) is 47.4 Å². The van der Waals surface area contributed by atoms with Gasteiger partial charge in [0.2, 0.25) is 5.91 Å². The van der Waals surface area contributed by atoms with E-state index < -0.39 is 6.04 Å². The molecule has 1 aromatic carbocycles. The molecule has 0 bridgehead atoms. The first-order chi connectivity index (χ1) is 10.1. The molecule has 0 saturated heterocycles. The number of ether oxygens (including phenoxy) is 1. The average Bonchev–Trinajstić information content (AvgIpc) is 3.00. The largest absolute Gasteiger partial charge is 0.495 e. The number of hydrogen-bond donors (Lipinski definition) is 2. The van der Waals surface area contributed by atoms with Crippen LogP contribution in [0.4, 0.5) is 5.69 Å². The number of furan rings is 1. The van der Waals surface area contributed by atoms with Crippen LogP contribution in [0.15, 0.2) is 41.0 Å². The summed E-state index contributed by atoms with van der Waals surface area (Å²) in [4.78, 5) is 12.0. The molecule has 2 N–H and O–H groups in total. The summed E-state index contributed by atoms with van der Waals surface area (Å²) >= 11 is 5.96. The summed E-state index contributed by atoms with van der Waals surface area (Å²) in [6.45, 7) is 2.14. The maximum absolute atomic E-state index is 12.0. The fraction of sp³-hybridized carbons (Fsp3) is 0.267. The molecule has 0 aliphatic carbocycles. The number of amides is 1. The lowest BCUT2D eigenvalue weighted by Gasteiger charge is -2.15. The molecule has 1 aromatic heterocycles. The Hall–Kier alpha value is -2.14. The molecule has 6 heteroatoms. The average molecular weight is 309 g/mol. The lowest BCUT2D eigenvalue weighted by Crippen LogP contribution is -2.37. The maximum atomic E-state index is 12.0. The first-order valence-corrected chi connectivity index (χ1v) is 6.88. The van der Waals surface area contributed by atoms with Gasteiger partial charge in [0.1, 0.15) is 17.6 Å². The third kappa shape index (κ3) is 4.16. The second kappa shape index (κ2) is 7.04. The van der Waals surface area contributed by atoms with Crippen molar-refractivity contribution in [3.8, 4) is 5.75 Å². The van der Waals surface area contributed by atoms with Crippen molar-refractivity contribution in [2.24, 2.45) is 0 Å². The summed E-state index contributed by atoms with van der Waals surface area (Å²) in [6.07, 6.45) is 1.57. The van der Waals surface area contributed by atoms with Crippen molar-refractivity contribution < 1.29 is 13.9 Å².